The Morgan fingerprint density at radius 3 is 2.39 bits per heavy atom. The lowest BCUT2D eigenvalue weighted by molar-refractivity contribution is -0.138. The summed E-state index contributed by atoms with van der Waals surface area (Å²) < 4.78 is 5.29. The molecule has 0 aromatic heterocycles. The molecule has 0 N–H and O–H groups in total. The molecule has 1 amide bonds. The van der Waals surface area contributed by atoms with E-state index < -0.39 is 5.60 Å². The van der Waals surface area contributed by atoms with Crippen molar-refractivity contribution in [3.8, 4) is 6.07 Å². The Labute approximate surface area is 108 Å². The molecule has 4 nitrogen and oxygen atoms in total. The Morgan fingerprint density at radius 2 is 2.00 bits per heavy atom. The van der Waals surface area contributed by atoms with E-state index in [9.17, 15) is 4.79 Å². The fourth-order valence-electron chi connectivity index (χ4n) is 1.61. The number of rotatable bonds is 4. The van der Waals surface area contributed by atoms with Gasteiger partial charge in [-0.05, 0) is 37.6 Å². The number of benzene rings is 1. The summed E-state index contributed by atoms with van der Waals surface area (Å²) in [5.74, 6) is -0.0998. The van der Waals surface area contributed by atoms with E-state index in [4.69, 9.17) is 10.00 Å². The molecule has 0 aliphatic carbocycles. The van der Waals surface area contributed by atoms with Crippen molar-refractivity contribution in [2.75, 3.05) is 19.1 Å². The lowest BCUT2D eigenvalue weighted by Gasteiger charge is -2.30. The molecule has 0 spiro atoms. The fourth-order valence-corrected chi connectivity index (χ4v) is 1.61. The van der Waals surface area contributed by atoms with Gasteiger partial charge in [0.2, 0.25) is 0 Å². The van der Waals surface area contributed by atoms with E-state index in [1.807, 2.05) is 13.0 Å². The third kappa shape index (κ3) is 2.69. The molecule has 0 radical (unpaired) electrons. The van der Waals surface area contributed by atoms with Crippen LogP contribution >= 0.6 is 0 Å². The molecule has 0 fully saturated rings. The predicted octanol–water partition coefficient (Wildman–Crippen LogP) is 2.34. The summed E-state index contributed by atoms with van der Waals surface area (Å²) in [6, 6.07) is 8.93. The van der Waals surface area contributed by atoms with Crippen molar-refractivity contribution in [1.29, 1.82) is 5.26 Å². The van der Waals surface area contributed by atoms with Crippen LogP contribution in [0.15, 0.2) is 24.3 Å². The normalized spacial score (nSPS) is 13.5. The number of hydrogen-bond acceptors (Lipinski definition) is 3. The SMILES string of the molecule is CCC(C)(OC)C(=O)N(C)c1ccc(C#N)cc1. The molecular weight excluding hydrogens is 228 g/mol. The summed E-state index contributed by atoms with van der Waals surface area (Å²) in [7, 11) is 3.24. The van der Waals surface area contributed by atoms with Gasteiger partial charge >= 0.3 is 0 Å². The second kappa shape index (κ2) is 5.65. The summed E-state index contributed by atoms with van der Waals surface area (Å²) in [5, 5.41) is 8.73. The van der Waals surface area contributed by atoms with Crippen molar-refractivity contribution >= 4 is 11.6 Å². The lowest BCUT2D eigenvalue weighted by atomic mass is 10.0. The molecule has 1 unspecified atom stereocenters. The monoisotopic (exact) mass is 246 g/mol. The Kier molecular flexibility index (Phi) is 4.46. The summed E-state index contributed by atoms with van der Waals surface area (Å²) in [4.78, 5) is 13.9. The molecule has 96 valence electrons. The zero-order valence-corrected chi connectivity index (χ0v) is 11.2. The van der Waals surface area contributed by atoms with Crippen molar-refractivity contribution < 1.29 is 9.53 Å². The van der Waals surface area contributed by atoms with Gasteiger partial charge in [0.05, 0.1) is 11.6 Å². The minimum atomic E-state index is -0.817. The Bertz CT molecular complexity index is 456. The first-order chi connectivity index (χ1) is 8.48. The third-order valence-electron chi connectivity index (χ3n) is 3.27. The molecule has 0 aliphatic rings. The van der Waals surface area contributed by atoms with Crippen LogP contribution in [0.5, 0.6) is 0 Å². The number of hydrogen-bond donors (Lipinski definition) is 0. The quantitative estimate of drug-likeness (QED) is 0.819. The smallest absolute Gasteiger partial charge is 0.258 e. The molecule has 1 atom stereocenters. The maximum atomic E-state index is 12.3. The maximum absolute atomic E-state index is 12.3. The summed E-state index contributed by atoms with van der Waals surface area (Å²) in [6.07, 6.45) is 0.600. The van der Waals surface area contributed by atoms with Crippen LogP contribution in [0.25, 0.3) is 0 Å². The van der Waals surface area contributed by atoms with Crippen LogP contribution in [-0.4, -0.2) is 25.7 Å². The van der Waals surface area contributed by atoms with Gasteiger partial charge in [0, 0.05) is 19.8 Å². The summed E-state index contributed by atoms with van der Waals surface area (Å²) in [5.41, 5.74) is 0.503. The topological polar surface area (TPSA) is 53.3 Å². The van der Waals surface area contributed by atoms with Gasteiger partial charge in [-0.15, -0.1) is 0 Å². The second-order valence-electron chi connectivity index (χ2n) is 4.31. The predicted molar refractivity (Wildman–Crippen MR) is 70.3 cm³/mol. The average molecular weight is 246 g/mol. The van der Waals surface area contributed by atoms with Gasteiger partial charge in [-0.25, -0.2) is 0 Å². The van der Waals surface area contributed by atoms with E-state index >= 15 is 0 Å². The van der Waals surface area contributed by atoms with E-state index in [1.165, 1.54) is 7.11 Å². The van der Waals surface area contributed by atoms with Gasteiger partial charge in [-0.2, -0.15) is 5.26 Å². The number of likely N-dealkylation sites (N-methyl/N-ethyl adjacent to an activating group) is 1. The standard InChI is InChI=1S/C14H18N2O2/c1-5-14(2,18-4)13(17)16(3)12-8-6-11(10-15)7-9-12/h6-9H,5H2,1-4H3. The minimum Gasteiger partial charge on any atom is -0.369 e. The van der Waals surface area contributed by atoms with Gasteiger partial charge in [0.1, 0.15) is 5.60 Å². The molecule has 1 aromatic rings. The second-order valence-corrected chi connectivity index (χ2v) is 4.31. The Morgan fingerprint density at radius 1 is 1.44 bits per heavy atom. The minimum absolute atomic E-state index is 0.0998. The van der Waals surface area contributed by atoms with E-state index in [1.54, 1.807) is 43.1 Å². The third-order valence-corrected chi connectivity index (χ3v) is 3.27. The molecule has 0 heterocycles. The number of anilines is 1. The van der Waals surface area contributed by atoms with Crippen molar-refractivity contribution in [3.05, 3.63) is 29.8 Å². The molecule has 1 rings (SSSR count). The average Bonchev–Trinajstić information content (AvgIpc) is 2.44. The highest BCUT2D eigenvalue weighted by Crippen LogP contribution is 2.22. The van der Waals surface area contributed by atoms with E-state index in [-0.39, 0.29) is 5.91 Å². The number of carbonyl (C=O) groups is 1. The first-order valence-corrected chi connectivity index (χ1v) is 5.82. The number of nitrogens with zero attached hydrogens (tertiary/aromatic N) is 2. The molecule has 0 aliphatic heterocycles. The van der Waals surface area contributed by atoms with Gasteiger partial charge in [-0.1, -0.05) is 6.92 Å². The summed E-state index contributed by atoms with van der Waals surface area (Å²) >= 11 is 0. The fraction of sp³-hybridized carbons (Fsp3) is 0.429. The molecule has 0 saturated heterocycles. The molecule has 0 saturated carbocycles. The van der Waals surface area contributed by atoms with E-state index in [2.05, 4.69) is 0 Å². The summed E-state index contributed by atoms with van der Waals surface area (Å²) in [6.45, 7) is 3.68. The van der Waals surface area contributed by atoms with Gasteiger partial charge in [0.25, 0.3) is 5.91 Å². The van der Waals surface area contributed by atoms with Crippen LogP contribution in [0.4, 0.5) is 5.69 Å². The van der Waals surface area contributed by atoms with Crippen LogP contribution < -0.4 is 4.90 Å². The van der Waals surface area contributed by atoms with Crippen LogP contribution in [0.3, 0.4) is 0 Å². The van der Waals surface area contributed by atoms with Gasteiger partial charge in [0.15, 0.2) is 0 Å². The molecule has 1 aromatic carbocycles. The van der Waals surface area contributed by atoms with Gasteiger partial charge < -0.3 is 9.64 Å². The first kappa shape index (κ1) is 14.2. The van der Waals surface area contributed by atoms with Crippen LogP contribution in [0.2, 0.25) is 0 Å². The Balaban J connectivity index is 2.96. The number of ether oxygens (including phenoxy) is 1. The van der Waals surface area contributed by atoms with E-state index in [0.717, 1.165) is 5.69 Å². The van der Waals surface area contributed by atoms with Gasteiger partial charge in [-0.3, -0.25) is 4.79 Å². The molecule has 0 bridgehead atoms. The largest absolute Gasteiger partial charge is 0.369 e. The van der Waals surface area contributed by atoms with E-state index in [0.29, 0.717) is 12.0 Å². The zero-order valence-electron chi connectivity index (χ0n) is 11.2. The number of amides is 1. The molecule has 18 heavy (non-hydrogen) atoms. The first-order valence-electron chi connectivity index (χ1n) is 5.82. The van der Waals surface area contributed by atoms with Crippen molar-refractivity contribution in [2.45, 2.75) is 25.9 Å². The van der Waals surface area contributed by atoms with Crippen LogP contribution in [0, 0.1) is 11.3 Å². The molecule has 4 heteroatoms. The highest BCUT2D eigenvalue weighted by atomic mass is 16.5. The van der Waals surface area contributed by atoms with Crippen molar-refractivity contribution in [3.63, 3.8) is 0 Å². The highest BCUT2D eigenvalue weighted by Gasteiger charge is 2.34. The number of nitriles is 1. The number of carbonyl (C=O) groups excluding carboxylic acids is 1. The maximum Gasteiger partial charge on any atom is 0.258 e. The van der Waals surface area contributed by atoms with Crippen molar-refractivity contribution in [1.82, 2.24) is 0 Å². The lowest BCUT2D eigenvalue weighted by Crippen LogP contribution is -2.46. The zero-order chi connectivity index (χ0) is 13.8. The Hall–Kier alpha value is -1.86. The van der Waals surface area contributed by atoms with Crippen molar-refractivity contribution in [2.24, 2.45) is 0 Å². The van der Waals surface area contributed by atoms with Crippen LogP contribution in [0.1, 0.15) is 25.8 Å². The molecular formula is C14H18N2O2. The van der Waals surface area contributed by atoms with Crippen LogP contribution in [-0.2, 0) is 9.53 Å². The number of methoxy groups -OCH3 is 1. The highest BCUT2D eigenvalue weighted by molar-refractivity contribution is 5.98.